The van der Waals surface area contributed by atoms with Gasteiger partial charge >= 0.3 is 0 Å². The monoisotopic (exact) mass is 986 g/mol. The Kier molecular flexibility index (Phi) is 10.4. The molecule has 0 aliphatic rings. The Balaban J connectivity index is 0.00000490. The van der Waals surface area contributed by atoms with E-state index in [9.17, 15) is 5.11 Å². The van der Waals surface area contributed by atoms with E-state index in [0.29, 0.717) is 11.4 Å². The van der Waals surface area contributed by atoms with Gasteiger partial charge in [-0.2, -0.15) is 0 Å². The number of nitrogens with zero attached hydrogens (tertiary/aromatic N) is 4. The molecule has 0 unspecified atom stereocenters. The van der Waals surface area contributed by atoms with Crippen LogP contribution in [-0.2, 0) is 31.9 Å². The molecule has 0 saturated carbocycles. The van der Waals surface area contributed by atoms with Gasteiger partial charge in [0.25, 0.3) is 0 Å². The molecule has 0 atom stereocenters. The second-order valence-corrected chi connectivity index (χ2v) is 18.0. The summed E-state index contributed by atoms with van der Waals surface area (Å²) in [7, 11) is 0. The number of rotatable bonds is 6. The maximum Gasteiger partial charge on any atom is 0.148 e. The number of hydrogen-bond donors (Lipinski definition) is 1. The van der Waals surface area contributed by atoms with Gasteiger partial charge in [0.05, 0.1) is 27.6 Å². The fraction of sp³-hybridized carbons (Fsp3) is 0.143. The molecule has 10 aromatic rings. The molecule has 0 fully saturated rings. The minimum Gasteiger partial charge on any atom is -0.507 e. The van der Waals surface area contributed by atoms with Crippen molar-refractivity contribution in [3.63, 3.8) is 0 Å². The zero-order valence-electron chi connectivity index (χ0n) is 35.7. The third-order valence-corrected chi connectivity index (χ3v) is 11.8. The smallest absolute Gasteiger partial charge is 0.148 e. The summed E-state index contributed by atoms with van der Waals surface area (Å²) in [5, 5.41) is 14.5. The largest absolute Gasteiger partial charge is 0.507 e. The average molecular weight is 987 g/mol. The predicted octanol–water partition coefficient (Wildman–Crippen LogP) is 14.3. The van der Waals surface area contributed by atoms with Crippen molar-refractivity contribution in [3.8, 4) is 62.0 Å². The Labute approximate surface area is 377 Å². The van der Waals surface area contributed by atoms with Crippen LogP contribution in [0.2, 0.25) is 0 Å². The molecule has 5 nitrogen and oxygen atoms in total. The van der Waals surface area contributed by atoms with Crippen LogP contribution in [0.15, 0.2) is 170 Å². The van der Waals surface area contributed by atoms with Gasteiger partial charge in [-0.1, -0.05) is 161 Å². The molecular weight excluding hydrogens is 940 g/mol. The predicted molar refractivity (Wildman–Crippen MR) is 253 cm³/mol. The summed E-state index contributed by atoms with van der Waals surface area (Å²) >= 11 is 0. The first-order chi connectivity index (χ1) is 29.4. The van der Waals surface area contributed by atoms with Gasteiger partial charge < -0.3 is 9.67 Å². The molecule has 0 spiro atoms. The number of para-hydroxylation sites is 4. The zero-order chi connectivity index (χ0) is 42.0. The van der Waals surface area contributed by atoms with Crippen LogP contribution in [0.5, 0.6) is 5.75 Å². The van der Waals surface area contributed by atoms with Crippen molar-refractivity contribution in [2.45, 2.75) is 52.4 Å². The van der Waals surface area contributed by atoms with Crippen molar-refractivity contribution in [1.82, 2.24) is 19.1 Å². The number of pyridine rings is 1. The summed E-state index contributed by atoms with van der Waals surface area (Å²) in [5.41, 5.74) is 14.0. The average Bonchev–Trinajstić information content (AvgIpc) is 3.82. The molecule has 308 valence electrons. The van der Waals surface area contributed by atoms with Gasteiger partial charge in [0.2, 0.25) is 0 Å². The molecule has 1 N–H and O–H groups in total. The van der Waals surface area contributed by atoms with Crippen LogP contribution in [0.4, 0.5) is 0 Å². The fourth-order valence-electron chi connectivity index (χ4n) is 8.66. The summed E-state index contributed by atoms with van der Waals surface area (Å²) in [6.07, 6.45) is 2.01. The van der Waals surface area contributed by atoms with Crippen molar-refractivity contribution in [2.75, 3.05) is 0 Å². The van der Waals surface area contributed by atoms with E-state index >= 15 is 0 Å². The van der Waals surface area contributed by atoms with E-state index in [2.05, 4.69) is 196 Å². The second kappa shape index (κ2) is 15.7. The van der Waals surface area contributed by atoms with E-state index in [1.165, 1.54) is 0 Å². The summed E-state index contributed by atoms with van der Waals surface area (Å²) in [6.45, 7) is 13.1. The number of hydrogen-bond acceptors (Lipinski definition) is 3. The van der Waals surface area contributed by atoms with Crippen LogP contribution in [0, 0.1) is 6.07 Å². The molecule has 0 aliphatic carbocycles. The van der Waals surface area contributed by atoms with E-state index in [0.717, 1.165) is 88.9 Å². The summed E-state index contributed by atoms with van der Waals surface area (Å²) in [4.78, 5) is 10.7. The Bertz CT molecular complexity index is 3260. The van der Waals surface area contributed by atoms with Crippen LogP contribution in [0.25, 0.3) is 89.1 Å². The standard InChI is InChI=1S/C56H47N4O.Pt/c1-55(2,3)40-32-45(53(61)47(33-40)56(4,5)6)54-58-52-43(26-18-28-50(52)60(54)42-23-14-9-15-24-42)38-29-37(36-19-10-7-11-20-36)30-39(31-38)48-34-51-46(35-57-48)44-25-16-17-27-49(44)59(51)41-21-12-8-13-22-41;/h7-30,32-35,61H,1-6H3;/q-1;. The fourth-order valence-corrected chi connectivity index (χ4v) is 8.66. The van der Waals surface area contributed by atoms with E-state index in [-0.39, 0.29) is 37.6 Å². The number of benzene rings is 7. The van der Waals surface area contributed by atoms with Crippen molar-refractivity contribution in [1.29, 1.82) is 0 Å². The van der Waals surface area contributed by atoms with Gasteiger partial charge in [-0.05, 0) is 70.5 Å². The third kappa shape index (κ3) is 7.15. The number of fused-ring (bicyclic) bond motifs is 4. The van der Waals surface area contributed by atoms with Crippen molar-refractivity contribution in [3.05, 3.63) is 187 Å². The molecule has 7 aromatic carbocycles. The molecule has 6 heteroatoms. The number of imidazole rings is 1. The van der Waals surface area contributed by atoms with E-state index in [1.54, 1.807) is 0 Å². The van der Waals surface area contributed by atoms with Gasteiger partial charge in [-0.15, -0.1) is 23.8 Å². The first kappa shape index (κ1) is 40.8. The molecular formula is C56H47N4OPt-. The number of phenolic OH excluding ortho intramolecular Hbond substituents is 1. The SMILES string of the molecule is CC(C)(C)c1cc(-c2nc3c(-c4[c-]c(-c5cc6c(cn5)c5ccccc5n6-c5ccccc5)cc(-c5ccccc5)c4)cccc3n2-c2ccccc2)c(O)c(C(C)(C)C)c1.[Pt]. The molecule has 0 aliphatic heterocycles. The quantitative estimate of drug-likeness (QED) is 0.169. The molecule has 0 saturated heterocycles. The molecule has 0 radical (unpaired) electrons. The van der Waals surface area contributed by atoms with Crippen molar-refractivity contribution >= 4 is 32.8 Å². The summed E-state index contributed by atoms with van der Waals surface area (Å²) in [6, 6.07) is 61.0. The molecule has 0 bridgehead atoms. The summed E-state index contributed by atoms with van der Waals surface area (Å²) in [5.74, 6) is 0.937. The Morgan fingerprint density at radius 3 is 1.81 bits per heavy atom. The molecule has 0 amide bonds. The minimum atomic E-state index is -0.301. The van der Waals surface area contributed by atoms with E-state index in [4.69, 9.17) is 9.97 Å². The van der Waals surface area contributed by atoms with E-state index in [1.807, 2.05) is 30.5 Å². The zero-order valence-corrected chi connectivity index (χ0v) is 38.0. The van der Waals surface area contributed by atoms with Crippen LogP contribution in [-0.4, -0.2) is 24.2 Å². The normalized spacial score (nSPS) is 12.0. The first-order valence-electron chi connectivity index (χ1n) is 21.0. The van der Waals surface area contributed by atoms with Gasteiger partial charge in [0.15, 0.2) is 0 Å². The Morgan fingerprint density at radius 1 is 0.516 bits per heavy atom. The van der Waals surface area contributed by atoms with Crippen LogP contribution >= 0.6 is 0 Å². The van der Waals surface area contributed by atoms with Gasteiger partial charge in [-0.3, -0.25) is 9.55 Å². The van der Waals surface area contributed by atoms with Gasteiger partial charge in [-0.25, -0.2) is 4.98 Å². The van der Waals surface area contributed by atoms with E-state index < -0.39 is 0 Å². The topological polar surface area (TPSA) is 55.9 Å². The number of aromatic nitrogens is 4. The van der Waals surface area contributed by atoms with Crippen LogP contribution in [0.1, 0.15) is 52.7 Å². The summed E-state index contributed by atoms with van der Waals surface area (Å²) < 4.78 is 4.51. The molecule has 62 heavy (non-hydrogen) atoms. The molecule has 10 rings (SSSR count). The maximum absolute atomic E-state index is 12.2. The molecule has 3 aromatic heterocycles. The van der Waals surface area contributed by atoms with Crippen LogP contribution < -0.4 is 0 Å². The minimum absolute atomic E-state index is 0. The van der Waals surface area contributed by atoms with Gasteiger partial charge in [0.1, 0.15) is 11.6 Å². The second-order valence-electron chi connectivity index (χ2n) is 18.0. The first-order valence-corrected chi connectivity index (χ1v) is 21.0. The number of phenols is 1. The molecule has 3 heterocycles. The third-order valence-electron chi connectivity index (χ3n) is 11.8. The van der Waals surface area contributed by atoms with Gasteiger partial charge in [0, 0.05) is 60.7 Å². The van der Waals surface area contributed by atoms with Crippen molar-refractivity contribution in [2.24, 2.45) is 0 Å². The van der Waals surface area contributed by atoms with Crippen LogP contribution in [0.3, 0.4) is 0 Å². The maximum atomic E-state index is 12.2. The Morgan fingerprint density at radius 2 is 1.13 bits per heavy atom. The number of aromatic hydroxyl groups is 1. The Hall–Kier alpha value is -6.55. The van der Waals surface area contributed by atoms with Crippen molar-refractivity contribution < 1.29 is 26.2 Å².